The van der Waals surface area contributed by atoms with Gasteiger partial charge in [0.1, 0.15) is 27.6 Å². The summed E-state index contributed by atoms with van der Waals surface area (Å²) in [4.78, 5) is 56.9. The van der Waals surface area contributed by atoms with Crippen LogP contribution in [-0.4, -0.2) is 79.4 Å². The summed E-state index contributed by atoms with van der Waals surface area (Å²) in [5.74, 6) is -8.32. The molecular weight excluding hydrogens is 636 g/mol. The molecule has 0 saturated heterocycles. The Hall–Kier alpha value is -3.78. The largest absolute Gasteiger partial charge is 0.510 e. The van der Waals surface area contributed by atoms with Crippen LogP contribution in [0.2, 0.25) is 5.02 Å². The van der Waals surface area contributed by atoms with Crippen LogP contribution in [0.4, 0.5) is 5.69 Å². The van der Waals surface area contributed by atoms with Gasteiger partial charge in [0.05, 0.1) is 16.6 Å². The number of anilines is 1. The van der Waals surface area contributed by atoms with E-state index in [2.05, 4.69) is 26.2 Å². The van der Waals surface area contributed by atoms with Gasteiger partial charge in [0.15, 0.2) is 17.1 Å². The number of carbonyl (C=O) groups is 4. The molecule has 0 bridgehead atoms. The molecule has 5 atom stereocenters. The molecule has 14 heteroatoms. The number of ketones is 2. The van der Waals surface area contributed by atoms with E-state index in [1.54, 1.807) is 26.2 Å². The number of aliphatic hydroxyl groups excluding tert-OH is 2. The second-order valence-corrected chi connectivity index (χ2v) is 12.0. The van der Waals surface area contributed by atoms with E-state index < -0.39 is 74.5 Å². The molecule has 12 nitrogen and oxygen atoms in total. The molecule has 7 N–H and O–H groups in total. The molecule has 0 aliphatic heterocycles. The summed E-state index contributed by atoms with van der Waals surface area (Å²) in [6.07, 6.45) is 3.01. The number of amides is 2. The molecule has 1 heterocycles. The fourth-order valence-corrected chi connectivity index (χ4v) is 6.95. The van der Waals surface area contributed by atoms with Crippen LogP contribution >= 0.6 is 27.5 Å². The molecular formula is C28H26BrClN4O8. The van der Waals surface area contributed by atoms with E-state index in [0.29, 0.717) is 11.1 Å². The third kappa shape index (κ3) is 4.30. The van der Waals surface area contributed by atoms with E-state index >= 15 is 0 Å². The Kier molecular flexibility index (Phi) is 7.42. The number of benzene rings is 1. The lowest BCUT2D eigenvalue weighted by atomic mass is 9.58. The zero-order valence-corrected chi connectivity index (χ0v) is 24.6. The van der Waals surface area contributed by atoms with Crippen LogP contribution in [0.1, 0.15) is 32.7 Å². The molecule has 220 valence electrons. The van der Waals surface area contributed by atoms with Crippen molar-refractivity contribution in [2.45, 2.75) is 29.3 Å². The number of halogens is 2. The van der Waals surface area contributed by atoms with Crippen molar-refractivity contribution in [3.05, 3.63) is 75.0 Å². The van der Waals surface area contributed by atoms with Crippen molar-refractivity contribution in [1.29, 1.82) is 0 Å². The van der Waals surface area contributed by atoms with Crippen molar-refractivity contribution < 1.29 is 39.6 Å². The first kappa shape index (κ1) is 29.7. The smallest absolute Gasteiger partial charge is 0.255 e. The SMILES string of the molecule is CN(C)[C@@H]1C(O)=C(C(N)=O)C(=O)[C@@]2(O)C(O)=C3C(=O)c4c(cc(Cl)c(NC(=O)C(Br)c5ccncc5)c4O)CC3CC12. The summed E-state index contributed by atoms with van der Waals surface area (Å²) in [6.45, 7) is 0. The highest BCUT2D eigenvalue weighted by atomic mass is 79.9. The predicted octanol–water partition coefficient (Wildman–Crippen LogP) is 2.24. The maximum absolute atomic E-state index is 13.9. The summed E-state index contributed by atoms with van der Waals surface area (Å²) in [6, 6.07) is 3.55. The number of phenols is 1. The first-order valence-electron chi connectivity index (χ1n) is 12.8. The summed E-state index contributed by atoms with van der Waals surface area (Å²) in [5.41, 5.74) is 1.76. The van der Waals surface area contributed by atoms with Crippen molar-refractivity contribution in [1.82, 2.24) is 9.88 Å². The van der Waals surface area contributed by atoms with Crippen molar-refractivity contribution in [2.75, 3.05) is 19.4 Å². The van der Waals surface area contributed by atoms with Gasteiger partial charge in [-0.3, -0.25) is 29.1 Å². The van der Waals surface area contributed by atoms with Gasteiger partial charge in [0, 0.05) is 23.9 Å². The number of pyridine rings is 1. The molecule has 2 aromatic rings. The molecule has 0 radical (unpaired) electrons. The Morgan fingerprint density at radius 2 is 1.86 bits per heavy atom. The van der Waals surface area contributed by atoms with Crippen molar-refractivity contribution in [2.24, 2.45) is 17.6 Å². The lowest BCUT2D eigenvalue weighted by Gasteiger charge is -2.50. The molecule has 1 aromatic carbocycles. The molecule has 42 heavy (non-hydrogen) atoms. The van der Waals surface area contributed by atoms with E-state index in [-0.39, 0.29) is 34.7 Å². The standard InChI is InChI=1S/C28H26BrClN4O8/c1-34(2)20-13-8-11-7-12-9-14(30)19(33-27(41)18(29)10-3-5-32-6-4-10)22(36)15(12)21(35)16(11)24(38)28(13,42)25(39)17(23(20)37)26(31)40/h3-6,9,11,13,18,20,36-38,42H,7-8H2,1-2H3,(H2,31,40)(H,33,41)/t11?,13?,18?,20-,28-/m0/s1. The van der Waals surface area contributed by atoms with Gasteiger partial charge in [0.2, 0.25) is 11.7 Å². The zero-order valence-electron chi connectivity index (χ0n) is 22.3. The van der Waals surface area contributed by atoms with Gasteiger partial charge in [-0.2, -0.15) is 0 Å². The van der Waals surface area contributed by atoms with Gasteiger partial charge in [0.25, 0.3) is 5.91 Å². The van der Waals surface area contributed by atoms with Gasteiger partial charge in [-0.25, -0.2) is 0 Å². The molecule has 3 aliphatic rings. The van der Waals surface area contributed by atoms with E-state index in [9.17, 15) is 39.6 Å². The number of aromatic hydroxyl groups is 1. The first-order chi connectivity index (χ1) is 19.7. The Morgan fingerprint density at radius 3 is 2.45 bits per heavy atom. The number of phenolic OH excluding ortho intramolecular Hbond substituents is 1. The molecule has 5 rings (SSSR count). The van der Waals surface area contributed by atoms with E-state index in [1.165, 1.54) is 23.4 Å². The summed E-state index contributed by atoms with van der Waals surface area (Å²) >= 11 is 9.73. The van der Waals surface area contributed by atoms with Gasteiger partial charge in [-0.1, -0.05) is 27.5 Å². The number of carbonyl (C=O) groups excluding carboxylic acids is 4. The fourth-order valence-electron chi connectivity index (χ4n) is 6.26. The molecule has 2 amide bonds. The van der Waals surface area contributed by atoms with Crippen molar-refractivity contribution in [3.63, 3.8) is 0 Å². The van der Waals surface area contributed by atoms with Gasteiger partial charge in [-0.15, -0.1) is 0 Å². The number of aliphatic hydroxyl groups is 3. The highest BCUT2D eigenvalue weighted by molar-refractivity contribution is 9.09. The van der Waals surface area contributed by atoms with E-state index in [4.69, 9.17) is 17.3 Å². The Bertz CT molecular complexity index is 1630. The lowest BCUT2D eigenvalue weighted by molar-refractivity contribution is -0.148. The molecule has 0 fully saturated rings. The number of aromatic nitrogens is 1. The number of hydrogen-bond donors (Lipinski definition) is 6. The lowest BCUT2D eigenvalue weighted by Crippen LogP contribution is -2.63. The van der Waals surface area contributed by atoms with Crippen LogP contribution in [0.25, 0.3) is 0 Å². The molecule has 1 aromatic heterocycles. The van der Waals surface area contributed by atoms with Crippen molar-refractivity contribution >= 4 is 56.6 Å². The van der Waals surface area contributed by atoms with Crippen LogP contribution in [0.15, 0.2) is 53.3 Å². The highest BCUT2D eigenvalue weighted by Gasteiger charge is 2.63. The normalized spacial score (nSPS) is 26.0. The summed E-state index contributed by atoms with van der Waals surface area (Å²) < 4.78 is 0. The molecule has 3 aliphatic carbocycles. The number of primary amides is 1. The second-order valence-electron chi connectivity index (χ2n) is 10.7. The van der Waals surface area contributed by atoms with Gasteiger partial charge < -0.3 is 31.5 Å². The minimum absolute atomic E-state index is 0.0449. The predicted molar refractivity (Wildman–Crippen MR) is 153 cm³/mol. The number of hydrogen-bond acceptors (Lipinski definition) is 10. The average molecular weight is 662 g/mol. The van der Waals surface area contributed by atoms with E-state index in [0.717, 1.165) is 0 Å². The number of Topliss-reactive ketones (excluding diaryl/α,β-unsaturated/α-hetero) is 2. The number of likely N-dealkylation sites (N-methyl/N-ethyl adjacent to an activating group) is 1. The zero-order chi connectivity index (χ0) is 30.8. The fraction of sp³-hybridized carbons (Fsp3) is 0.321. The first-order valence-corrected chi connectivity index (χ1v) is 14.0. The Labute approximate surface area is 252 Å². The minimum atomic E-state index is -2.75. The third-order valence-corrected chi connectivity index (χ3v) is 9.39. The number of fused-ring (bicyclic) bond motifs is 3. The number of rotatable bonds is 5. The van der Waals surface area contributed by atoms with Crippen LogP contribution in [-0.2, 0) is 20.8 Å². The van der Waals surface area contributed by atoms with Crippen LogP contribution < -0.4 is 11.1 Å². The summed E-state index contributed by atoms with van der Waals surface area (Å²) in [5, 5.41) is 47.6. The average Bonchev–Trinajstić information content (AvgIpc) is 2.92. The minimum Gasteiger partial charge on any atom is -0.510 e. The maximum Gasteiger partial charge on any atom is 0.255 e. The maximum atomic E-state index is 13.9. The van der Waals surface area contributed by atoms with Gasteiger partial charge in [-0.05, 0) is 62.2 Å². The number of nitrogens with zero attached hydrogens (tertiary/aromatic N) is 2. The van der Waals surface area contributed by atoms with Crippen LogP contribution in [0.3, 0.4) is 0 Å². The van der Waals surface area contributed by atoms with Gasteiger partial charge >= 0.3 is 0 Å². The quantitative estimate of drug-likeness (QED) is 0.157. The van der Waals surface area contributed by atoms with E-state index in [1.807, 2.05) is 0 Å². The topological polar surface area (TPSA) is 203 Å². The molecule has 0 spiro atoms. The Balaban J connectivity index is 1.59. The number of nitrogens with two attached hydrogens (primary N) is 1. The molecule has 0 saturated carbocycles. The number of nitrogens with one attached hydrogen (secondary N) is 1. The van der Waals surface area contributed by atoms with Crippen LogP contribution in [0, 0.1) is 11.8 Å². The second kappa shape index (κ2) is 10.5. The Morgan fingerprint density at radius 1 is 1.21 bits per heavy atom. The third-order valence-electron chi connectivity index (χ3n) is 8.14. The number of allylic oxidation sites excluding steroid dienone is 1. The number of alkyl halides is 1. The summed E-state index contributed by atoms with van der Waals surface area (Å²) in [7, 11) is 3.10. The van der Waals surface area contributed by atoms with Crippen LogP contribution in [0.5, 0.6) is 5.75 Å². The monoisotopic (exact) mass is 660 g/mol. The highest BCUT2D eigenvalue weighted by Crippen LogP contribution is 2.53. The molecule has 3 unspecified atom stereocenters. The van der Waals surface area contributed by atoms with Crippen molar-refractivity contribution in [3.8, 4) is 5.75 Å².